The summed E-state index contributed by atoms with van der Waals surface area (Å²) in [6.45, 7) is 0.176. The molecule has 0 amide bonds. The highest BCUT2D eigenvalue weighted by Gasteiger charge is 2.31. The van der Waals surface area contributed by atoms with E-state index in [9.17, 15) is 13.9 Å². The molecule has 29 heavy (non-hydrogen) atoms. The maximum Gasteiger partial charge on any atom is 0.159 e. The molecule has 4 rings (SSSR count). The number of aromatic nitrogens is 1. The Kier molecular flexibility index (Phi) is 4.79. The predicted molar refractivity (Wildman–Crippen MR) is 113 cm³/mol. The van der Waals surface area contributed by atoms with Gasteiger partial charge in [0.2, 0.25) is 0 Å². The van der Waals surface area contributed by atoms with Gasteiger partial charge in [-0.15, -0.1) is 11.3 Å². The number of nitrogens with zero attached hydrogens (tertiary/aromatic N) is 3. The molecule has 1 aliphatic rings. The SMILES string of the molecule is CN(C)c1ccc(N2CC(O)=C(c3nc(-c4ccc(F)c(F)c4)cs3)C2=N)cc1. The van der Waals surface area contributed by atoms with Crippen LogP contribution in [0, 0.1) is 17.0 Å². The van der Waals surface area contributed by atoms with E-state index in [1.54, 1.807) is 10.3 Å². The number of rotatable bonds is 4. The van der Waals surface area contributed by atoms with Crippen LogP contribution in [0.4, 0.5) is 20.2 Å². The van der Waals surface area contributed by atoms with Gasteiger partial charge in [0.05, 0.1) is 17.8 Å². The molecule has 1 aliphatic heterocycles. The number of halogens is 2. The zero-order valence-electron chi connectivity index (χ0n) is 15.8. The molecule has 148 valence electrons. The van der Waals surface area contributed by atoms with Crippen molar-refractivity contribution in [3.05, 3.63) is 70.2 Å². The number of amidine groups is 1. The van der Waals surface area contributed by atoms with Gasteiger partial charge >= 0.3 is 0 Å². The second-order valence-electron chi connectivity index (χ2n) is 6.83. The van der Waals surface area contributed by atoms with Gasteiger partial charge < -0.3 is 14.9 Å². The summed E-state index contributed by atoms with van der Waals surface area (Å²) in [6, 6.07) is 11.3. The minimum Gasteiger partial charge on any atom is -0.510 e. The van der Waals surface area contributed by atoms with Gasteiger partial charge in [-0.3, -0.25) is 5.41 Å². The molecular formula is C21H18F2N4OS. The molecule has 0 saturated heterocycles. The summed E-state index contributed by atoms with van der Waals surface area (Å²) in [4.78, 5) is 8.12. The van der Waals surface area contributed by atoms with E-state index in [0.29, 0.717) is 21.8 Å². The lowest BCUT2D eigenvalue weighted by Gasteiger charge is -2.20. The fourth-order valence-corrected chi connectivity index (χ4v) is 4.03. The molecule has 0 saturated carbocycles. The molecule has 0 spiro atoms. The third-order valence-corrected chi connectivity index (χ3v) is 5.57. The molecule has 1 aromatic heterocycles. The maximum absolute atomic E-state index is 13.5. The summed E-state index contributed by atoms with van der Waals surface area (Å²) in [5.74, 6) is -1.66. The van der Waals surface area contributed by atoms with Crippen LogP contribution in [0.5, 0.6) is 0 Å². The first kappa shape index (κ1) is 19.1. The highest BCUT2D eigenvalue weighted by atomic mass is 32.1. The van der Waals surface area contributed by atoms with Gasteiger partial charge in [0.15, 0.2) is 11.6 Å². The van der Waals surface area contributed by atoms with Crippen LogP contribution in [-0.4, -0.2) is 36.6 Å². The van der Waals surface area contributed by atoms with Crippen molar-refractivity contribution in [3.63, 3.8) is 0 Å². The second-order valence-corrected chi connectivity index (χ2v) is 7.69. The third kappa shape index (κ3) is 3.47. The van der Waals surface area contributed by atoms with Gasteiger partial charge in [0.1, 0.15) is 16.6 Å². The van der Waals surface area contributed by atoms with E-state index in [4.69, 9.17) is 5.41 Å². The quantitative estimate of drug-likeness (QED) is 0.638. The number of hydrogen-bond acceptors (Lipinski definition) is 5. The standard InChI is InChI=1S/C21H18F2N4OS/c1-26(2)13-4-6-14(7-5-13)27-10-18(28)19(20(27)24)21-25-17(11-29-21)12-3-8-15(22)16(23)9-12/h3-9,11,24,28H,10H2,1-2H3. The van der Waals surface area contributed by atoms with Crippen molar-refractivity contribution in [3.8, 4) is 11.3 Å². The van der Waals surface area contributed by atoms with E-state index in [1.807, 2.05) is 43.3 Å². The van der Waals surface area contributed by atoms with Crippen molar-refractivity contribution in [2.45, 2.75) is 0 Å². The average molecular weight is 412 g/mol. The van der Waals surface area contributed by atoms with Crippen molar-refractivity contribution in [2.75, 3.05) is 30.4 Å². The van der Waals surface area contributed by atoms with Gasteiger partial charge in [-0.05, 0) is 42.5 Å². The summed E-state index contributed by atoms with van der Waals surface area (Å²) in [5, 5.41) is 21.2. The fourth-order valence-electron chi connectivity index (χ4n) is 3.13. The summed E-state index contributed by atoms with van der Waals surface area (Å²) in [5.41, 5.74) is 3.07. The highest BCUT2D eigenvalue weighted by molar-refractivity contribution is 7.11. The van der Waals surface area contributed by atoms with E-state index in [0.717, 1.165) is 23.5 Å². The van der Waals surface area contributed by atoms with Crippen molar-refractivity contribution < 1.29 is 13.9 Å². The maximum atomic E-state index is 13.5. The van der Waals surface area contributed by atoms with Crippen LogP contribution in [0.2, 0.25) is 0 Å². The Morgan fingerprint density at radius 3 is 2.48 bits per heavy atom. The first-order chi connectivity index (χ1) is 13.8. The molecule has 0 unspecified atom stereocenters. The molecule has 0 aliphatic carbocycles. The van der Waals surface area contributed by atoms with Gasteiger partial charge in [-0.1, -0.05) is 0 Å². The number of hydrogen-bond donors (Lipinski definition) is 2. The molecule has 0 atom stereocenters. The lowest BCUT2D eigenvalue weighted by molar-refractivity contribution is 0.411. The Hall–Kier alpha value is -3.26. The highest BCUT2D eigenvalue weighted by Crippen LogP contribution is 2.35. The number of aliphatic hydroxyl groups excluding tert-OH is 1. The Morgan fingerprint density at radius 1 is 1.10 bits per heavy atom. The number of anilines is 2. The summed E-state index contributed by atoms with van der Waals surface area (Å²) < 4.78 is 26.7. The summed E-state index contributed by atoms with van der Waals surface area (Å²) >= 11 is 1.24. The number of nitrogens with one attached hydrogen (secondary N) is 1. The van der Waals surface area contributed by atoms with Crippen LogP contribution < -0.4 is 9.80 Å². The van der Waals surface area contributed by atoms with E-state index >= 15 is 0 Å². The summed E-state index contributed by atoms with van der Waals surface area (Å²) in [6.07, 6.45) is 0. The zero-order valence-corrected chi connectivity index (χ0v) is 16.6. The lowest BCUT2D eigenvalue weighted by atomic mass is 10.1. The molecule has 5 nitrogen and oxygen atoms in total. The van der Waals surface area contributed by atoms with Crippen LogP contribution in [0.15, 0.2) is 53.6 Å². The average Bonchev–Trinajstić information content (AvgIpc) is 3.28. The second kappa shape index (κ2) is 7.29. The van der Waals surface area contributed by atoms with Crippen LogP contribution in [-0.2, 0) is 0 Å². The lowest BCUT2D eigenvalue weighted by Crippen LogP contribution is -2.26. The van der Waals surface area contributed by atoms with Crippen molar-refractivity contribution >= 4 is 34.1 Å². The van der Waals surface area contributed by atoms with Gasteiger partial charge in [-0.25, -0.2) is 13.8 Å². The van der Waals surface area contributed by atoms with Crippen LogP contribution >= 0.6 is 11.3 Å². The van der Waals surface area contributed by atoms with Gasteiger partial charge in [0, 0.05) is 36.4 Å². The van der Waals surface area contributed by atoms with E-state index in [-0.39, 0.29) is 18.1 Å². The molecule has 0 fully saturated rings. The molecule has 0 radical (unpaired) electrons. The molecule has 2 N–H and O–H groups in total. The van der Waals surface area contributed by atoms with Crippen LogP contribution in [0.1, 0.15) is 5.01 Å². The summed E-state index contributed by atoms with van der Waals surface area (Å²) in [7, 11) is 3.90. The number of thiazole rings is 1. The van der Waals surface area contributed by atoms with E-state index in [2.05, 4.69) is 4.98 Å². The Balaban J connectivity index is 1.61. The molecular weight excluding hydrogens is 394 g/mol. The molecule has 0 bridgehead atoms. The van der Waals surface area contributed by atoms with Gasteiger partial charge in [-0.2, -0.15) is 0 Å². The Labute approximate surface area is 170 Å². The van der Waals surface area contributed by atoms with Crippen LogP contribution in [0.25, 0.3) is 16.8 Å². The largest absolute Gasteiger partial charge is 0.510 e. The molecule has 3 aromatic rings. The fraction of sp³-hybridized carbons (Fsp3) is 0.143. The monoisotopic (exact) mass is 412 g/mol. The van der Waals surface area contributed by atoms with Gasteiger partial charge in [0.25, 0.3) is 0 Å². The van der Waals surface area contributed by atoms with E-state index < -0.39 is 11.6 Å². The Bertz CT molecular complexity index is 1120. The topological polar surface area (TPSA) is 63.5 Å². The first-order valence-corrected chi connectivity index (χ1v) is 9.70. The normalized spacial score (nSPS) is 14.1. The smallest absolute Gasteiger partial charge is 0.159 e. The van der Waals surface area contributed by atoms with Crippen molar-refractivity contribution in [2.24, 2.45) is 0 Å². The minimum absolute atomic E-state index is 0.0536. The molecule has 2 aromatic carbocycles. The minimum atomic E-state index is -0.944. The molecule has 8 heteroatoms. The van der Waals surface area contributed by atoms with Crippen LogP contribution in [0.3, 0.4) is 0 Å². The first-order valence-electron chi connectivity index (χ1n) is 8.82. The number of benzene rings is 2. The predicted octanol–water partition coefficient (Wildman–Crippen LogP) is 4.92. The van der Waals surface area contributed by atoms with Crippen molar-refractivity contribution in [1.29, 1.82) is 5.41 Å². The zero-order chi connectivity index (χ0) is 20.7. The molecule has 2 heterocycles. The Morgan fingerprint density at radius 2 is 1.83 bits per heavy atom. The number of aliphatic hydroxyl groups is 1. The van der Waals surface area contributed by atoms with Crippen molar-refractivity contribution in [1.82, 2.24) is 4.98 Å². The van der Waals surface area contributed by atoms with E-state index in [1.165, 1.54) is 17.4 Å². The third-order valence-electron chi connectivity index (χ3n) is 4.71.